The third-order valence-electron chi connectivity index (χ3n) is 4.52. The van der Waals surface area contributed by atoms with E-state index in [1.165, 1.54) is 18.2 Å². The Labute approximate surface area is 150 Å². The lowest BCUT2D eigenvalue weighted by molar-refractivity contribution is -0.385. The molecular weight excluding hydrogens is 339 g/mol. The number of para-hydroxylation sites is 1. The van der Waals surface area contributed by atoms with E-state index in [1.54, 1.807) is 31.2 Å². The summed E-state index contributed by atoms with van der Waals surface area (Å²) in [6, 6.07) is 9.93. The fourth-order valence-corrected chi connectivity index (χ4v) is 3.23. The lowest BCUT2D eigenvalue weighted by atomic mass is 9.98. The highest BCUT2D eigenvalue weighted by Crippen LogP contribution is 2.29. The van der Waals surface area contributed by atoms with Crippen LogP contribution in [0.3, 0.4) is 0 Å². The van der Waals surface area contributed by atoms with E-state index in [-0.39, 0.29) is 23.2 Å². The number of benzene rings is 2. The first kappa shape index (κ1) is 18.0. The highest BCUT2D eigenvalue weighted by molar-refractivity contribution is 5.98. The summed E-state index contributed by atoms with van der Waals surface area (Å²) >= 11 is 0. The highest BCUT2D eigenvalue weighted by atomic mass is 19.1. The summed E-state index contributed by atoms with van der Waals surface area (Å²) in [5.41, 5.74) is 0.898. The third kappa shape index (κ3) is 3.72. The van der Waals surface area contributed by atoms with Crippen LogP contribution in [-0.4, -0.2) is 23.5 Å². The Hall–Kier alpha value is -2.80. The zero-order chi connectivity index (χ0) is 18.7. The number of carbonyl (C=O) groups is 1. The third-order valence-corrected chi connectivity index (χ3v) is 4.52. The molecule has 1 amide bonds. The number of nitrogens with zero attached hydrogens (tertiary/aromatic N) is 1. The topological polar surface area (TPSA) is 81.5 Å². The van der Waals surface area contributed by atoms with Crippen LogP contribution in [0.15, 0.2) is 42.5 Å². The van der Waals surface area contributed by atoms with Gasteiger partial charge in [0.05, 0.1) is 17.1 Å². The van der Waals surface area contributed by atoms with Crippen LogP contribution in [0.1, 0.15) is 40.4 Å². The van der Waals surface area contributed by atoms with Crippen LogP contribution in [0.5, 0.6) is 0 Å². The number of nitro benzene ring substituents is 1. The smallest absolute Gasteiger partial charge is 0.285 e. The highest BCUT2D eigenvalue weighted by Gasteiger charge is 2.31. The van der Waals surface area contributed by atoms with Gasteiger partial charge in [-0.3, -0.25) is 14.9 Å². The van der Waals surface area contributed by atoms with Crippen molar-refractivity contribution < 1.29 is 18.8 Å². The lowest BCUT2D eigenvalue weighted by Crippen LogP contribution is -2.36. The SMILES string of the molecule is Cc1cccc(C(=O)N[C@@H](c2ccc(F)cc2)[C@H]2CCCO2)c1[N+](=O)[O-]. The van der Waals surface area contributed by atoms with Crippen LogP contribution in [0.2, 0.25) is 0 Å². The Morgan fingerprint density at radius 3 is 2.65 bits per heavy atom. The second kappa shape index (κ2) is 7.61. The van der Waals surface area contributed by atoms with Gasteiger partial charge >= 0.3 is 0 Å². The zero-order valence-corrected chi connectivity index (χ0v) is 14.3. The van der Waals surface area contributed by atoms with Crippen molar-refractivity contribution in [2.75, 3.05) is 6.61 Å². The van der Waals surface area contributed by atoms with Crippen molar-refractivity contribution in [2.24, 2.45) is 0 Å². The molecule has 0 aliphatic carbocycles. The molecule has 136 valence electrons. The molecule has 2 atom stereocenters. The summed E-state index contributed by atoms with van der Waals surface area (Å²) in [5, 5.41) is 14.2. The molecule has 1 N–H and O–H groups in total. The van der Waals surface area contributed by atoms with E-state index in [1.807, 2.05) is 0 Å². The van der Waals surface area contributed by atoms with Gasteiger partial charge in [-0.1, -0.05) is 24.3 Å². The van der Waals surface area contributed by atoms with Crippen LogP contribution in [0.25, 0.3) is 0 Å². The maximum Gasteiger partial charge on any atom is 0.285 e. The number of amides is 1. The van der Waals surface area contributed by atoms with Crippen molar-refractivity contribution >= 4 is 11.6 Å². The van der Waals surface area contributed by atoms with Crippen molar-refractivity contribution in [3.63, 3.8) is 0 Å². The molecule has 2 aromatic rings. The van der Waals surface area contributed by atoms with E-state index in [4.69, 9.17) is 4.74 Å². The fraction of sp³-hybridized carbons (Fsp3) is 0.316. The van der Waals surface area contributed by atoms with Gasteiger partial charge in [0.25, 0.3) is 11.6 Å². The van der Waals surface area contributed by atoms with Crippen LogP contribution in [0.4, 0.5) is 10.1 Å². The number of nitro groups is 1. The Morgan fingerprint density at radius 2 is 2.04 bits per heavy atom. The number of aryl methyl sites for hydroxylation is 1. The Balaban J connectivity index is 1.92. The first-order valence-corrected chi connectivity index (χ1v) is 8.39. The summed E-state index contributed by atoms with van der Waals surface area (Å²) in [6.45, 7) is 2.18. The first-order chi connectivity index (χ1) is 12.5. The molecule has 1 fully saturated rings. The van der Waals surface area contributed by atoms with Crippen molar-refractivity contribution in [2.45, 2.75) is 31.9 Å². The quantitative estimate of drug-likeness (QED) is 0.653. The van der Waals surface area contributed by atoms with Crippen LogP contribution in [-0.2, 0) is 4.74 Å². The van der Waals surface area contributed by atoms with Gasteiger partial charge in [0.2, 0.25) is 0 Å². The van der Waals surface area contributed by atoms with E-state index in [0.29, 0.717) is 17.7 Å². The number of halogens is 1. The van der Waals surface area contributed by atoms with E-state index < -0.39 is 16.9 Å². The minimum absolute atomic E-state index is 0.000101. The zero-order valence-electron chi connectivity index (χ0n) is 14.3. The van der Waals surface area contributed by atoms with Crippen LogP contribution in [0, 0.1) is 22.9 Å². The van der Waals surface area contributed by atoms with Crippen molar-refractivity contribution in [1.82, 2.24) is 5.32 Å². The van der Waals surface area contributed by atoms with Gasteiger partial charge in [-0.05, 0) is 43.5 Å². The minimum atomic E-state index is -0.552. The molecule has 7 heteroatoms. The standard InChI is InChI=1S/C19H19FN2O4/c1-12-4-2-5-15(18(12)22(24)25)19(23)21-17(16-6-3-11-26-16)13-7-9-14(20)10-8-13/h2,4-5,7-10,16-17H,3,6,11H2,1H3,(H,21,23)/t16-,17+/m1/s1. The number of hydrogen-bond donors (Lipinski definition) is 1. The lowest BCUT2D eigenvalue weighted by Gasteiger charge is -2.25. The van der Waals surface area contributed by atoms with Crippen molar-refractivity contribution in [3.8, 4) is 0 Å². The molecule has 1 heterocycles. The number of rotatable bonds is 5. The fourth-order valence-electron chi connectivity index (χ4n) is 3.23. The molecule has 0 spiro atoms. The number of ether oxygens (including phenoxy) is 1. The monoisotopic (exact) mass is 358 g/mol. The molecule has 1 aliphatic heterocycles. The molecule has 26 heavy (non-hydrogen) atoms. The van der Waals surface area contributed by atoms with E-state index >= 15 is 0 Å². The molecule has 0 saturated carbocycles. The van der Waals surface area contributed by atoms with E-state index in [9.17, 15) is 19.3 Å². The second-order valence-corrected chi connectivity index (χ2v) is 6.28. The van der Waals surface area contributed by atoms with Gasteiger partial charge in [-0.25, -0.2) is 4.39 Å². The molecule has 1 aliphatic rings. The van der Waals surface area contributed by atoms with E-state index in [0.717, 1.165) is 12.8 Å². The predicted molar refractivity (Wildman–Crippen MR) is 93.4 cm³/mol. The molecule has 6 nitrogen and oxygen atoms in total. The van der Waals surface area contributed by atoms with Crippen LogP contribution < -0.4 is 5.32 Å². The number of hydrogen-bond acceptors (Lipinski definition) is 4. The maximum atomic E-state index is 13.2. The summed E-state index contributed by atoms with van der Waals surface area (Å²) < 4.78 is 18.9. The predicted octanol–water partition coefficient (Wildman–Crippen LogP) is 3.69. The van der Waals surface area contributed by atoms with Gasteiger partial charge in [0.1, 0.15) is 11.4 Å². The molecule has 1 saturated heterocycles. The molecule has 2 aromatic carbocycles. The van der Waals surface area contributed by atoms with Crippen molar-refractivity contribution in [1.29, 1.82) is 0 Å². The van der Waals surface area contributed by atoms with Crippen molar-refractivity contribution in [3.05, 3.63) is 75.1 Å². The Bertz CT molecular complexity index is 817. The van der Waals surface area contributed by atoms with Crippen LogP contribution >= 0.6 is 0 Å². The summed E-state index contributed by atoms with van der Waals surface area (Å²) in [7, 11) is 0. The Morgan fingerprint density at radius 1 is 1.31 bits per heavy atom. The molecule has 3 rings (SSSR count). The normalized spacial score (nSPS) is 17.7. The minimum Gasteiger partial charge on any atom is -0.376 e. The largest absolute Gasteiger partial charge is 0.376 e. The number of carbonyl (C=O) groups excluding carboxylic acids is 1. The Kier molecular flexibility index (Phi) is 5.27. The summed E-state index contributed by atoms with van der Waals surface area (Å²) in [4.78, 5) is 23.6. The first-order valence-electron chi connectivity index (χ1n) is 8.39. The maximum absolute atomic E-state index is 13.2. The van der Waals surface area contributed by atoms with Gasteiger partial charge in [-0.2, -0.15) is 0 Å². The molecule has 0 aromatic heterocycles. The average Bonchev–Trinajstić information content (AvgIpc) is 3.14. The van der Waals surface area contributed by atoms with Gasteiger partial charge in [0.15, 0.2) is 0 Å². The number of nitrogens with one attached hydrogen (secondary N) is 1. The second-order valence-electron chi connectivity index (χ2n) is 6.28. The summed E-state index contributed by atoms with van der Waals surface area (Å²) in [5.74, 6) is -0.925. The molecule has 0 bridgehead atoms. The molecular formula is C19H19FN2O4. The van der Waals surface area contributed by atoms with E-state index in [2.05, 4.69) is 5.32 Å². The molecule has 0 radical (unpaired) electrons. The average molecular weight is 358 g/mol. The summed E-state index contributed by atoms with van der Waals surface area (Å²) in [6.07, 6.45) is 1.36. The van der Waals surface area contributed by atoms with Gasteiger partial charge in [-0.15, -0.1) is 0 Å². The van der Waals surface area contributed by atoms with Gasteiger partial charge < -0.3 is 10.1 Å². The van der Waals surface area contributed by atoms with Gasteiger partial charge in [0, 0.05) is 12.2 Å². The molecule has 0 unspecified atom stereocenters.